The number of carbonyl (C=O) groups is 2. The van der Waals surface area contributed by atoms with Crippen molar-refractivity contribution in [3.63, 3.8) is 0 Å². The molecule has 1 aliphatic rings. The molecule has 2 amide bonds. The van der Waals surface area contributed by atoms with Crippen molar-refractivity contribution in [3.05, 3.63) is 97.9 Å². The Hall–Kier alpha value is -3.14. The van der Waals surface area contributed by atoms with Crippen molar-refractivity contribution in [3.8, 4) is 11.5 Å². The highest BCUT2D eigenvalue weighted by Crippen LogP contribution is 2.39. The summed E-state index contributed by atoms with van der Waals surface area (Å²) in [7, 11) is 0. The number of thioether (sulfide) groups is 1. The fraction of sp³-hybridized carbons (Fsp3) is 0.179. The van der Waals surface area contributed by atoms with Gasteiger partial charge in [0.15, 0.2) is 15.8 Å². The van der Waals surface area contributed by atoms with Gasteiger partial charge in [-0.15, -0.1) is 0 Å². The first-order chi connectivity index (χ1) is 17.7. The first-order valence-corrected chi connectivity index (χ1v) is 13.6. The quantitative estimate of drug-likeness (QED) is 0.234. The first kappa shape index (κ1) is 26.9. The SMILES string of the molecule is CCOc1cc(/C=C2/SC(=S)N(NC(=O)c3ccc(C)cc3)C2=O)cc(Br)c1OCc1cccc(C)c1. The second-order valence-electron chi connectivity index (χ2n) is 8.36. The molecule has 1 fully saturated rings. The van der Waals surface area contributed by atoms with Crippen molar-refractivity contribution < 1.29 is 19.1 Å². The van der Waals surface area contributed by atoms with Crippen molar-refractivity contribution in [1.29, 1.82) is 0 Å². The van der Waals surface area contributed by atoms with E-state index < -0.39 is 11.8 Å². The van der Waals surface area contributed by atoms with Crippen LogP contribution in [0.3, 0.4) is 0 Å². The Labute approximate surface area is 234 Å². The van der Waals surface area contributed by atoms with Crippen LogP contribution in [0.1, 0.15) is 39.5 Å². The molecular weight excluding hydrogens is 572 g/mol. The van der Waals surface area contributed by atoms with Crippen LogP contribution in [0.15, 0.2) is 70.0 Å². The average Bonchev–Trinajstić information content (AvgIpc) is 3.11. The van der Waals surface area contributed by atoms with Gasteiger partial charge in [0.1, 0.15) is 6.61 Å². The van der Waals surface area contributed by atoms with Crippen LogP contribution >= 0.6 is 39.9 Å². The van der Waals surface area contributed by atoms with E-state index in [1.807, 2.05) is 63.2 Å². The molecule has 0 radical (unpaired) electrons. The zero-order valence-electron chi connectivity index (χ0n) is 20.5. The minimum Gasteiger partial charge on any atom is -0.490 e. The molecule has 190 valence electrons. The predicted molar refractivity (Wildman–Crippen MR) is 154 cm³/mol. The minimum absolute atomic E-state index is 0.249. The van der Waals surface area contributed by atoms with E-state index in [1.165, 1.54) is 0 Å². The van der Waals surface area contributed by atoms with Crippen LogP contribution in [0.5, 0.6) is 11.5 Å². The lowest BCUT2D eigenvalue weighted by molar-refractivity contribution is -0.123. The maximum atomic E-state index is 13.1. The number of hydrazine groups is 1. The molecule has 4 rings (SSSR count). The summed E-state index contributed by atoms with van der Waals surface area (Å²) < 4.78 is 12.9. The number of carbonyl (C=O) groups excluding carboxylic acids is 2. The van der Waals surface area contributed by atoms with Crippen LogP contribution in [0, 0.1) is 13.8 Å². The number of aryl methyl sites for hydroxylation is 2. The summed E-state index contributed by atoms with van der Waals surface area (Å²) in [5.41, 5.74) is 7.02. The average molecular weight is 598 g/mol. The van der Waals surface area contributed by atoms with Crippen LogP contribution in [0.4, 0.5) is 0 Å². The van der Waals surface area contributed by atoms with Crippen LogP contribution in [-0.4, -0.2) is 27.8 Å². The zero-order chi connectivity index (χ0) is 26.5. The molecule has 0 bridgehead atoms. The normalized spacial score (nSPS) is 14.3. The number of halogens is 1. The fourth-order valence-corrected chi connectivity index (χ4v) is 5.37. The number of ether oxygens (including phenoxy) is 2. The Kier molecular flexibility index (Phi) is 8.68. The molecule has 0 unspecified atom stereocenters. The van der Waals surface area contributed by atoms with E-state index in [0.717, 1.165) is 39.0 Å². The molecule has 1 saturated heterocycles. The Morgan fingerprint density at radius 3 is 2.54 bits per heavy atom. The van der Waals surface area contributed by atoms with Gasteiger partial charge in [0.25, 0.3) is 11.8 Å². The monoisotopic (exact) mass is 596 g/mol. The van der Waals surface area contributed by atoms with Gasteiger partial charge in [-0.3, -0.25) is 15.0 Å². The van der Waals surface area contributed by atoms with Gasteiger partial charge < -0.3 is 9.47 Å². The molecule has 0 atom stereocenters. The van der Waals surface area contributed by atoms with E-state index in [2.05, 4.69) is 27.4 Å². The molecule has 9 heteroatoms. The Bertz CT molecular complexity index is 1390. The third-order valence-electron chi connectivity index (χ3n) is 5.42. The number of nitrogens with zero attached hydrogens (tertiary/aromatic N) is 1. The van der Waals surface area contributed by atoms with Crippen molar-refractivity contribution in [2.75, 3.05) is 6.61 Å². The predicted octanol–water partition coefficient (Wildman–Crippen LogP) is 6.59. The standard InChI is InChI=1S/C28H25BrN2O4S2/c1-4-34-23-14-20(13-22(29)25(23)35-16-19-7-5-6-18(3)12-19)15-24-27(33)31(28(36)37-24)30-26(32)21-10-8-17(2)9-11-21/h5-15H,4,16H2,1-3H3,(H,30,32)/b24-15+. The molecule has 0 spiro atoms. The molecule has 1 aliphatic heterocycles. The molecule has 1 N–H and O–H groups in total. The van der Waals surface area contributed by atoms with Crippen molar-refractivity contribution in [2.45, 2.75) is 27.4 Å². The van der Waals surface area contributed by atoms with Crippen LogP contribution in [0.25, 0.3) is 6.08 Å². The second kappa shape index (κ2) is 11.9. The molecule has 1 heterocycles. The molecule has 0 aliphatic carbocycles. The van der Waals surface area contributed by atoms with Crippen LogP contribution in [0.2, 0.25) is 0 Å². The third-order valence-corrected chi connectivity index (χ3v) is 7.31. The lowest BCUT2D eigenvalue weighted by Crippen LogP contribution is -2.44. The summed E-state index contributed by atoms with van der Waals surface area (Å²) in [6.45, 7) is 6.71. The summed E-state index contributed by atoms with van der Waals surface area (Å²) in [4.78, 5) is 26.1. The van der Waals surface area contributed by atoms with Gasteiger partial charge in [-0.05, 0) is 90.4 Å². The van der Waals surface area contributed by atoms with Gasteiger partial charge in [-0.25, -0.2) is 0 Å². The molecule has 37 heavy (non-hydrogen) atoms. The zero-order valence-corrected chi connectivity index (χ0v) is 23.8. The van der Waals surface area contributed by atoms with Gasteiger partial charge in [0.2, 0.25) is 0 Å². The maximum absolute atomic E-state index is 13.1. The van der Waals surface area contributed by atoms with E-state index in [1.54, 1.807) is 18.2 Å². The van der Waals surface area contributed by atoms with E-state index >= 15 is 0 Å². The molecule has 6 nitrogen and oxygen atoms in total. The smallest absolute Gasteiger partial charge is 0.285 e. The minimum atomic E-state index is -0.408. The third kappa shape index (κ3) is 6.60. The lowest BCUT2D eigenvalue weighted by atomic mass is 10.1. The summed E-state index contributed by atoms with van der Waals surface area (Å²) in [6, 6.07) is 18.9. The largest absolute Gasteiger partial charge is 0.490 e. The van der Waals surface area contributed by atoms with Crippen LogP contribution < -0.4 is 14.9 Å². The summed E-state index contributed by atoms with van der Waals surface area (Å²) in [5, 5.41) is 1.10. The van der Waals surface area contributed by atoms with Gasteiger partial charge in [-0.1, -0.05) is 59.3 Å². The van der Waals surface area contributed by atoms with Crippen molar-refractivity contribution in [2.24, 2.45) is 0 Å². The van der Waals surface area contributed by atoms with Gasteiger partial charge in [-0.2, -0.15) is 5.01 Å². The van der Waals surface area contributed by atoms with Gasteiger partial charge >= 0.3 is 0 Å². The number of nitrogens with one attached hydrogen (secondary N) is 1. The molecule has 0 saturated carbocycles. The van der Waals surface area contributed by atoms with Gasteiger partial charge in [0.05, 0.1) is 16.0 Å². The van der Waals surface area contributed by atoms with Crippen molar-refractivity contribution >= 4 is 62.1 Å². The highest BCUT2D eigenvalue weighted by atomic mass is 79.9. The second-order valence-corrected chi connectivity index (χ2v) is 10.9. The highest BCUT2D eigenvalue weighted by molar-refractivity contribution is 9.10. The Morgan fingerprint density at radius 1 is 1.08 bits per heavy atom. The van der Waals surface area contributed by atoms with E-state index in [4.69, 9.17) is 21.7 Å². The van der Waals surface area contributed by atoms with E-state index in [-0.39, 0.29) is 4.32 Å². The van der Waals surface area contributed by atoms with Gasteiger partial charge in [0, 0.05) is 5.56 Å². The summed E-state index contributed by atoms with van der Waals surface area (Å²) in [6.07, 6.45) is 1.72. The number of hydrogen-bond donors (Lipinski definition) is 1. The number of amides is 2. The Morgan fingerprint density at radius 2 is 1.84 bits per heavy atom. The summed E-state index contributed by atoms with van der Waals surface area (Å²) in [5.74, 6) is 0.329. The van der Waals surface area contributed by atoms with E-state index in [9.17, 15) is 9.59 Å². The molecule has 3 aromatic rings. The summed E-state index contributed by atoms with van der Waals surface area (Å²) >= 11 is 10.1. The van der Waals surface area contributed by atoms with E-state index in [0.29, 0.717) is 39.7 Å². The number of hydrogen-bond acceptors (Lipinski definition) is 6. The molecule has 3 aromatic carbocycles. The highest BCUT2D eigenvalue weighted by Gasteiger charge is 2.34. The first-order valence-electron chi connectivity index (χ1n) is 11.6. The number of thiocarbonyl (C=S) groups is 1. The van der Waals surface area contributed by atoms with Crippen LogP contribution in [-0.2, 0) is 11.4 Å². The van der Waals surface area contributed by atoms with Crippen molar-refractivity contribution in [1.82, 2.24) is 10.4 Å². The topological polar surface area (TPSA) is 67.9 Å². The number of benzene rings is 3. The number of rotatable bonds is 8. The maximum Gasteiger partial charge on any atom is 0.285 e. The fourth-order valence-electron chi connectivity index (χ4n) is 3.62. The molecular formula is C28H25BrN2O4S2. The molecule has 0 aromatic heterocycles. The lowest BCUT2D eigenvalue weighted by Gasteiger charge is -2.16. The Balaban J connectivity index is 1.53.